The molecule has 1 N–H and O–H groups in total. The Labute approximate surface area is 199 Å². The van der Waals surface area contributed by atoms with E-state index in [0.29, 0.717) is 23.6 Å². The highest BCUT2D eigenvalue weighted by atomic mass is 35.5. The number of hydrogen-bond donors (Lipinski definition) is 1. The number of carbonyl (C=O) groups is 2. The van der Waals surface area contributed by atoms with E-state index in [1.165, 1.54) is 6.07 Å². The molecule has 172 valence electrons. The standard InChI is InChI=1S/C27H28ClFN2O2/c1-2-16-30-27(33)25(17-20-8-4-3-5-9-20)31(19-21-12-14-23(28)15-13-21)26(32)18-22-10-6-7-11-24(22)29/h3-15,25H,2,16-19H2,1H3,(H,30,33)/t25-/m0/s1. The molecule has 0 aliphatic rings. The summed E-state index contributed by atoms with van der Waals surface area (Å²) >= 11 is 6.03. The summed E-state index contributed by atoms with van der Waals surface area (Å²) in [6.45, 7) is 2.70. The molecule has 3 rings (SSSR count). The van der Waals surface area contributed by atoms with Crippen molar-refractivity contribution in [3.05, 3.63) is 106 Å². The Hall–Kier alpha value is -3.18. The third-order valence-corrected chi connectivity index (χ3v) is 5.64. The zero-order valence-electron chi connectivity index (χ0n) is 18.6. The maximum Gasteiger partial charge on any atom is 0.243 e. The largest absolute Gasteiger partial charge is 0.354 e. The number of benzene rings is 3. The SMILES string of the molecule is CCCNC(=O)[C@H](Cc1ccccc1)N(Cc1ccc(Cl)cc1)C(=O)Cc1ccccc1F. The average Bonchev–Trinajstić information content (AvgIpc) is 2.83. The second-order valence-electron chi connectivity index (χ2n) is 7.91. The molecule has 0 aromatic heterocycles. The molecule has 0 aliphatic heterocycles. The minimum Gasteiger partial charge on any atom is -0.354 e. The lowest BCUT2D eigenvalue weighted by atomic mass is 10.0. The minimum absolute atomic E-state index is 0.132. The monoisotopic (exact) mass is 466 g/mol. The van der Waals surface area contributed by atoms with Crippen LogP contribution in [-0.2, 0) is 29.0 Å². The van der Waals surface area contributed by atoms with Crippen LogP contribution in [-0.4, -0.2) is 29.3 Å². The smallest absolute Gasteiger partial charge is 0.243 e. The number of carbonyl (C=O) groups excluding carboxylic acids is 2. The van der Waals surface area contributed by atoms with Gasteiger partial charge in [0.2, 0.25) is 11.8 Å². The van der Waals surface area contributed by atoms with Crippen molar-refractivity contribution < 1.29 is 14.0 Å². The Balaban J connectivity index is 1.95. The van der Waals surface area contributed by atoms with Gasteiger partial charge in [-0.3, -0.25) is 9.59 Å². The first-order chi connectivity index (χ1) is 16.0. The van der Waals surface area contributed by atoms with Gasteiger partial charge < -0.3 is 10.2 Å². The van der Waals surface area contributed by atoms with Gasteiger partial charge in [-0.1, -0.05) is 79.2 Å². The molecule has 3 aromatic carbocycles. The van der Waals surface area contributed by atoms with Crippen LogP contribution in [0.5, 0.6) is 0 Å². The number of halogens is 2. The van der Waals surface area contributed by atoms with Crippen molar-refractivity contribution in [2.75, 3.05) is 6.54 Å². The van der Waals surface area contributed by atoms with Gasteiger partial charge in [-0.2, -0.15) is 0 Å². The Morgan fingerprint density at radius 3 is 2.27 bits per heavy atom. The van der Waals surface area contributed by atoms with E-state index in [2.05, 4.69) is 5.32 Å². The van der Waals surface area contributed by atoms with Crippen molar-refractivity contribution in [1.82, 2.24) is 10.2 Å². The molecule has 0 saturated carbocycles. The van der Waals surface area contributed by atoms with Crippen molar-refractivity contribution >= 4 is 23.4 Å². The molecule has 0 fully saturated rings. The summed E-state index contributed by atoms with van der Waals surface area (Å²) in [7, 11) is 0. The highest BCUT2D eigenvalue weighted by molar-refractivity contribution is 6.30. The van der Waals surface area contributed by atoms with E-state index >= 15 is 0 Å². The van der Waals surface area contributed by atoms with Crippen LogP contribution in [0.4, 0.5) is 4.39 Å². The van der Waals surface area contributed by atoms with Gasteiger partial charge in [-0.05, 0) is 41.3 Å². The number of nitrogens with one attached hydrogen (secondary N) is 1. The summed E-state index contributed by atoms with van der Waals surface area (Å²) in [5.74, 6) is -0.980. The van der Waals surface area contributed by atoms with E-state index in [1.54, 1.807) is 35.2 Å². The highest BCUT2D eigenvalue weighted by Gasteiger charge is 2.30. The fourth-order valence-corrected chi connectivity index (χ4v) is 3.74. The molecule has 1 atom stereocenters. The first kappa shape index (κ1) is 24.5. The van der Waals surface area contributed by atoms with Crippen LogP contribution in [0.15, 0.2) is 78.9 Å². The fraction of sp³-hybridized carbons (Fsp3) is 0.259. The Kier molecular flexibility index (Phi) is 9.02. The van der Waals surface area contributed by atoms with E-state index in [-0.39, 0.29) is 24.8 Å². The molecular formula is C27H28ClFN2O2. The van der Waals surface area contributed by atoms with Crippen LogP contribution < -0.4 is 5.32 Å². The van der Waals surface area contributed by atoms with Gasteiger partial charge in [-0.25, -0.2) is 4.39 Å². The zero-order valence-corrected chi connectivity index (χ0v) is 19.4. The van der Waals surface area contributed by atoms with Crippen LogP contribution in [0.3, 0.4) is 0 Å². The number of nitrogens with zero attached hydrogens (tertiary/aromatic N) is 1. The minimum atomic E-state index is -0.742. The molecule has 0 unspecified atom stereocenters. The lowest BCUT2D eigenvalue weighted by Crippen LogP contribution is -2.51. The van der Waals surface area contributed by atoms with E-state index in [9.17, 15) is 14.0 Å². The molecular weight excluding hydrogens is 439 g/mol. The fourth-order valence-electron chi connectivity index (χ4n) is 3.61. The van der Waals surface area contributed by atoms with Crippen molar-refractivity contribution in [2.45, 2.75) is 38.8 Å². The van der Waals surface area contributed by atoms with Gasteiger partial charge in [0.05, 0.1) is 6.42 Å². The molecule has 0 heterocycles. The van der Waals surface area contributed by atoms with Crippen LogP contribution in [0, 0.1) is 5.82 Å². The van der Waals surface area contributed by atoms with E-state index < -0.39 is 11.9 Å². The summed E-state index contributed by atoms with van der Waals surface area (Å²) < 4.78 is 14.3. The first-order valence-corrected chi connectivity index (χ1v) is 11.4. The maximum atomic E-state index is 14.3. The number of hydrogen-bond acceptors (Lipinski definition) is 2. The molecule has 3 aromatic rings. The molecule has 2 amide bonds. The third-order valence-electron chi connectivity index (χ3n) is 5.39. The predicted molar refractivity (Wildman–Crippen MR) is 129 cm³/mol. The molecule has 0 aliphatic carbocycles. The quantitative estimate of drug-likeness (QED) is 0.447. The molecule has 4 nitrogen and oxygen atoms in total. The third kappa shape index (κ3) is 7.16. The molecule has 0 radical (unpaired) electrons. The van der Waals surface area contributed by atoms with E-state index in [0.717, 1.165) is 17.5 Å². The van der Waals surface area contributed by atoms with Gasteiger partial charge in [0.15, 0.2) is 0 Å². The Morgan fingerprint density at radius 1 is 0.939 bits per heavy atom. The lowest BCUT2D eigenvalue weighted by molar-refractivity contribution is -0.140. The summed E-state index contributed by atoms with van der Waals surface area (Å²) in [5.41, 5.74) is 2.08. The average molecular weight is 467 g/mol. The Bertz CT molecular complexity index is 1060. The van der Waals surface area contributed by atoms with Gasteiger partial charge in [-0.15, -0.1) is 0 Å². The topological polar surface area (TPSA) is 49.4 Å². The van der Waals surface area contributed by atoms with Gasteiger partial charge in [0.1, 0.15) is 11.9 Å². The molecule has 6 heteroatoms. The van der Waals surface area contributed by atoms with Crippen LogP contribution in [0.2, 0.25) is 5.02 Å². The summed E-state index contributed by atoms with van der Waals surface area (Å²) in [4.78, 5) is 28.3. The number of rotatable bonds is 10. The molecule has 33 heavy (non-hydrogen) atoms. The second kappa shape index (κ2) is 12.2. The highest BCUT2D eigenvalue weighted by Crippen LogP contribution is 2.19. The predicted octanol–water partition coefficient (Wildman–Crippen LogP) is 5.19. The normalized spacial score (nSPS) is 11.6. The molecule has 0 bridgehead atoms. The summed E-state index contributed by atoms with van der Waals surface area (Å²) in [6.07, 6.45) is 1.00. The number of amides is 2. The van der Waals surface area contributed by atoms with Crippen molar-refractivity contribution in [2.24, 2.45) is 0 Å². The van der Waals surface area contributed by atoms with Gasteiger partial charge >= 0.3 is 0 Å². The van der Waals surface area contributed by atoms with Gasteiger partial charge in [0, 0.05) is 24.5 Å². The summed E-state index contributed by atoms with van der Waals surface area (Å²) in [5, 5.41) is 3.52. The van der Waals surface area contributed by atoms with Crippen LogP contribution >= 0.6 is 11.6 Å². The molecule has 0 spiro atoms. The first-order valence-electron chi connectivity index (χ1n) is 11.1. The maximum absolute atomic E-state index is 14.3. The van der Waals surface area contributed by atoms with Crippen molar-refractivity contribution in [3.8, 4) is 0 Å². The zero-order chi connectivity index (χ0) is 23.6. The lowest BCUT2D eigenvalue weighted by Gasteiger charge is -2.31. The van der Waals surface area contributed by atoms with Crippen LogP contribution in [0.25, 0.3) is 0 Å². The molecule has 0 saturated heterocycles. The van der Waals surface area contributed by atoms with E-state index in [4.69, 9.17) is 11.6 Å². The van der Waals surface area contributed by atoms with Crippen molar-refractivity contribution in [1.29, 1.82) is 0 Å². The summed E-state index contributed by atoms with van der Waals surface area (Å²) in [6, 6.07) is 22.2. The van der Waals surface area contributed by atoms with E-state index in [1.807, 2.05) is 49.4 Å². The second-order valence-corrected chi connectivity index (χ2v) is 8.35. The van der Waals surface area contributed by atoms with Gasteiger partial charge in [0.25, 0.3) is 0 Å². The van der Waals surface area contributed by atoms with Crippen LogP contribution in [0.1, 0.15) is 30.0 Å². The Morgan fingerprint density at radius 2 is 1.61 bits per heavy atom. The van der Waals surface area contributed by atoms with Crippen molar-refractivity contribution in [3.63, 3.8) is 0 Å².